The first-order chi connectivity index (χ1) is 14.6. The van der Waals surface area contributed by atoms with Crippen LogP contribution in [0.2, 0.25) is 0 Å². The molecule has 3 rings (SSSR count). The van der Waals surface area contributed by atoms with Crippen molar-refractivity contribution in [3.05, 3.63) is 0 Å². The summed E-state index contributed by atoms with van der Waals surface area (Å²) in [5.41, 5.74) is -1.03. The summed E-state index contributed by atoms with van der Waals surface area (Å²) in [6.07, 6.45) is 7.47. The van der Waals surface area contributed by atoms with Crippen molar-refractivity contribution in [2.24, 2.45) is 11.3 Å². The van der Waals surface area contributed by atoms with Gasteiger partial charge in [0.1, 0.15) is 12.1 Å². The molecule has 0 aromatic carbocycles. The van der Waals surface area contributed by atoms with Gasteiger partial charge in [0.2, 0.25) is 0 Å². The van der Waals surface area contributed by atoms with E-state index in [0.29, 0.717) is 19.4 Å². The molecule has 0 aromatic rings. The number of esters is 1. The number of nitrogens with one attached hydrogen (secondary N) is 1. The lowest BCUT2D eigenvalue weighted by Crippen LogP contribution is -2.54. The van der Waals surface area contributed by atoms with Crippen molar-refractivity contribution >= 4 is 23.8 Å². The number of rotatable bonds is 6. The largest absolute Gasteiger partial charge is 0.454 e. The Morgan fingerprint density at radius 1 is 1.16 bits per heavy atom. The van der Waals surface area contributed by atoms with Gasteiger partial charge in [-0.25, -0.2) is 4.79 Å². The smallest absolute Gasteiger partial charge is 0.326 e. The molecule has 1 N–H and O–H groups in total. The molecule has 2 aliphatic carbocycles. The summed E-state index contributed by atoms with van der Waals surface area (Å²) in [6, 6.07) is -0.358. The molecule has 0 aromatic heterocycles. The molecule has 3 aliphatic rings. The van der Waals surface area contributed by atoms with E-state index in [-0.39, 0.29) is 35.8 Å². The van der Waals surface area contributed by atoms with Crippen molar-refractivity contribution in [3.63, 3.8) is 0 Å². The number of urea groups is 1. The van der Waals surface area contributed by atoms with Crippen LogP contribution in [0, 0.1) is 11.3 Å². The summed E-state index contributed by atoms with van der Waals surface area (Å²) < 4.78 is 5.17. The fraction of sp³-hybridized carbons (Fsp3) is 0.826. The Bertz CT molecular complexity index is 731. The molecule has 174 valence electrons. The molecule has 2 saturated carbocycles. The standard InChI is InChI=1S/C23H37N3O5/c1-5-25(17-9-7-6-8-10-17)18(27)14-31-19(28)13-26-20(29)23(24-21(26)30)12-16(2)11-22(3,4)15-23/h16-17H,5-15H2,1-4H3,(H,24,30)/t16-,23-/m1/s1. The zero-order valence-corrected chi connectivity index (χ0v) is 19.4. The molecule has 3 fully saturated rings. The summed E-state index contributed by atoms with van der Waals surface area (Å²) >= 11 is 0. The molecular formula is C23H37N3O5. The van der Waals surface area contributed by atoms with Crippen molar-refractivity contribution in [1.29, 1.82) is 0 Å². The van der Waals surface area contributed by atoms with Gasteiger partial charge in [-0.2, -0.15) is 0 Å². The molecule has 1 aliphatic heterocycles. The van der Waals surface area contributed by atoms with Gasteiger partial charge in [-0.05, 0) is 50.4 Å². The van der Waals surface area contributed by atoms with Gasteiger partial charge in [-0.3, -0.25) is 19.3 Å². The highest BCUT2D eigenvalue weighted by Gasteiger charge is 2.56. The number of imide groups is 1. The first kappa shape index (κ1) is 23.5. The second kappa shape index (κ2) is 9.17. The van der Waals surface area contributed by atoms with Gasteiger partial charge in [0, 0.05) is 12.6 Å². The van der Waals surface area contributed by atoms with Crippen LogP contribution in [-0.2, 0) is 19.1 Å². The first-order valence-corrected chi connectivity index (χ1v) is 11.7. The van der Waals surface area contributed by atoms with E-state index < -0.39 is 24.1 Å². The number of hydrogen-bond donors (Lipinski definition) is 1. The molecule has 0 radical (unpaired) electrons. The average molecular weight is 436 g/mol. The number of hydrogen-bond acceptors (Lipinski definition) is 5. The summed E-state index contributed by atoms with van der Waals surface area (Å²) in [5, 5.41) is 2.85. The van der Waals surface area contributed by atoms with Crippen LogP contribution in [0.3, 0.4) is 0 Å². The van der Waals surface area contributed by atoms with Crippen LogP contribution in [-0.4, -0.2) is 64.9 Å². The van der Waals surface area contributed by atoms with Crippen LogP contribution in [0.25, 0.3) is 0 Å². The van der Waals surface area contributed by atoms with Gasteiger partial charge < -0.3 is 15.0 Å². The average Bonchev–Trinajstić information content (AvgIpc) is 2.89. The van der Waals surface area contributed by atoms with Crippen LogP contribution in [0.5, 0.6) is 0 Å². The number of likely N-dealkylation sites (N-methyl/N-ethyl adjacent to an activating group) is 1. The quantitative estimate of drug-likeness (QED) is 0.511. The number of ether oxygens (including phenoxy) is 1. The van der Waals surface area contributed by atoms with E-state index in [4.69, 9.17) is 4.74 Å². The number of carbonyl (C=O) groups is 4. The van der Waals surface area contributed by atoms with Gasteiger partial charge >= 0.3 is 12.0 Å². The van der Waals surface area contributed by atoms with E-state index in [1.165, 1.54) is 6.42 Å². The van der Waals surface area contributed by atoms with E-state index in [1.54, 1.807) is 4.90 Å². The minimum atomic E-state index is -0.950. The topological polar surface area (TPSA) is 96.0 Å². The van der Waals surface area contributed by atoms with Crippen molar-refractivity contribution in [1.82, 2.24) is 15.1 Å². The van der Waals surface area contributed by atoms with Crippen LogP contribution >= 0.6 is 0 Å². The molecule has 2 atom stereocenters. The molecular weight excluding hydrogens is 398 g/mol. The number of carbonyl (C=O) groups excluding carboxylic acids is 4. The van der Waals surface area contributed by atoms with E-state index >= 15 is 0 Å². The van der Waals surface area contributed by atoms with Gasteiger partial charge in [-0.15, -0.1) is 0 Å². The summed E-state index contributed by atoms with van der Waals surface area (Å²) in [5.74, 6) is -1.04. The third-order valence-electron chi connectivity index (χ3n) is 6.94. The highest BCUT2D eigenvalue weighted by atomic mass is 16.5. The predicted molar refractivity (Wildman–Crippen MR) is 115 cm³/mol. The lowest BCUT2D eigenvalue weighted by molar-refractivity contribution is -0.155. The van der Waals surface area contributed by atoms with Gasteiger partial charge in [0.15, 0.2) is 6.61 Å². The Balaban J connectivity index is 1.56. The summed E-state index contributed by atoms with van der Waals surface area (Å²) in [6.45, 7) is 7.94. The highest BCUT2D eigenvalue weighted by molar-refractivity contribution is 6.08. The SMILES string of the molecule is CCN(C(=O)COC(=O)CN1C(=O)N[C@@]2(C[C@H](C)CC(C)(C)C2)C1=O)C1CCCCC1. The molecule has 8 heteroatoms. The van der Waals surface area contributed by atoms with Crippen LogP contribution in [0.1, 0.15) is 79.1 Å². The lowest BCUT2D eigenvalue weighted by atomic mass is 9.64. The predicted octanol–water partition coefficient (Wildman–Crippen LogP) is 2.85. The highest BCUT2D eigenvalue weighted by Crippen LogP contribution is 2.46. The van der Waals surface area contributed by atoms with Crippen molar-refractivity contribution in [2.45, 2.75) is 90.6 Å². The van der Waals surface area contributed by atoms with Crippen molar-refractivity contribution in [3.8, 4) is 0 Å². The third kappa shape index (κ3) is 5.21. The second-order valence-electron chi connectivity index (χ2n) is 10.4. The zero-order valence-electron chi connectivity index (χ0n) is 19.4. The Morgan fingerprint density at radius 2 is 1.84 bits per heavy atom. The van der Waals surface area contributed by atoms with Gasteiger partial charge in [0.25, 0.3) is 11.8 Å². The van der Waals surface area contributed by atoms with E-state index in [1.807, 2.05) is 6.92 Å². The molecule has 1 saturated heterocycles. The number of nitrogens with zero attached hydrogens (tertiary/aromatic N) is 2. The molecule has 1 spiro atoms. The minimum Gasteiger partial charge on any atom is -0.454 e. The van der Waals surface area contributed by atoms with E-state index in [0.717, 1.165) is 37.0 Å². The number of amides is 4. The van der Waals surface area contributed by atoms with Gasteiger partial charge in [-0.1, -0.05) is 40.0 Å². The van der Waals surface area contributed by atoms with Crippen LogP contribution < -0.4 is 5.32 Å². The zero-order chi connectivity index (χ0) is 22.8. The fourth-order valence-corrected chi connectivity index (χ4v) is 6.08. The molecule has 0 unspecified atom stereocenters. The van der Waals surface area contributed by atoms with Crippen molar-refractivity contribution < 1.29 is 23.9 Å². The maximum atomic E-state index is 13.1. The minimum absolute atomic E-state index is 0.0771. The second-order valence-corrected chi connectivity index (χ2v) is 10.4. The van der Waals surface area contributed by atoms with E-state index in [9.17, 15) is 19.2 Å². The third-order valence-corrected chi connectivity index (χ3v) is 6.94. The maximum Gasteiger partial charge on any atom is 0.326 e. The molecule has 8 nitrogen and oxygen atoms in total. The van der Waals surface area contributed by atoms with E-state index in [2.05, 4.69) is 26.1 Å². The Kier molecular flexibility index (Phi) is 6.96. The molecule has 4 amide bonds. The normalized spacial score (nSPS) is 28.5. The first-order valence-electron chi connectivity index (χ1n) is 11.7. The molecule has 31 heavy (non-hydrogen) atoms. The summed E-state index contributed by atoms with van der Waals surface area (Å²) in [7, 11) is 0. The molecule has 1 heterocycles. The Hall–Kier alpha value is -2.12. The van der Waals surface area contributed by atoms with Gasteiger partial charge in [0.05, 0.1) is 0 Å². The fourth-order valence-electron chi connectivity index (χ4n) is 6.08. The Labute approximate surface area is 185 Å². The van der Waals surface area contributed by atoms with Crippen molar-refractivity contribution in [2.75, 3.05) is 19.7 Å². The monoisotopic (exact) mass is 435 g/mol. The van der Waals surface area contributed by atoms with Crippen LogP contribution in [0.4, 0.5) is 4.79 Å². The van der Waals surface area contributed by atoms with Crippen LogP contribution in [0.15, 0.2) is 0 Å². The summed E-state index contributed by atoms with van der Waals surface area (Å²) in [4.78, 5) is 53.3. The molecule has 0 bridgehead atoms. The maximum absolute atomic E-state index is 13.1. The Morgan fingerprint density at radius 3 is 2.45 bits per heavy atom. The lowest BCUT2D eigenvalue weighted by Gasteiger charge is -2.43.